The van der Waals surface area contributed by atoms with Crippen LogP contribution in [0.5, 0.6) is 0 Å². The molecule has 2 unspecified atom stereocenters. The first-order valence-electron chi connectivity index (χ1n) is 6.36. The predicted octanol–water partition coefficient (Wildman–Crippen LogP) is 2.79. The molecule has 15 heavy (non-hydrogen) atoms. The Hall–Kier alpha value is -0.0800. The average molecular weight is 212 g/mol. The Morgan fingerprint density at radius 1 is 0.867 bits per heavy atom. The summed E-state index contributed by atoms with van der Waals surface area (Å²) in [6, 6.07) is 1.36. The molecular weight excluding hydrogens is 184 g/mol. The van der Waals surface area contributed by atoms with Crippen molar-refractivity contribution in [2.75, 3.05) is 13.1 Å². The molecule has 0 aromatic heterocycles. The van der Waals surface area contributed by atoms with Crippen LogP contribution in [-0.2, 0) is 0 Å². The van der Waals surface area contributed by atoms with Crippen molar-refractivity contribution in [2.24, 2.45) is 5.41 Å². The smallest absolute Gasteiger partial charge is 0.0677 e. The minimum absolute atomic E-state index is 0.338. The summed E-state index contributed by atoms with van der Waals surface area (Å²) < 4.78 is 0. The molecule has 90 valence electrons. The molecule has 1 aliphatic rings. The Labute approximate surface area is 95.6 Å². The van der Waals surface area contributed by atoms with E-state index in [1.165, 1.54) is 0 Å². The van der Waals surface area contributed by atoms with Gasteiger partial charge in [-0.25, -0.2) is 0 Å². The van der Waals surface area contributed by atoms with E-state index in [0.717, 1.165) is 13.1 Å². The molecule has 0 aromatic carbocycles. The topological polar surface area (TPSA) is 6.48 Å². The zero-order chi connectivity index (χ0) is 11.8. The van der Waals surface area contributed by atoms with Crippen LogP contribution in [0.2, 0.25) is 0 Å². The van der Waals surface area contributed by atoms with Gasteiger partial charge < -0.3 is 0 Å². The number of hydrogen-bond acceptors (Lipinski definition) is 2. The lowest BCUT2D eigenvalue weighted by Gasteiger charge is -2.40. The molecule has 0 spiro atoms. The third-order valence-corrected chi connectivity index (χ3v) is 3.88. The minimum Gasteiger partial charge on any atom is -0.283 e. The number of hydrogen-bond donors (Lipinski definition) is 0. The molecule has 0 bridgehead atoms. The van der Waals surface area contributed by atoms with Crippen LogP contribution in [0.3, 0.4) is 0 Å². The fourth-order valence-corrected chi connectivity index (χ4v) is 3.11. The molecular formula is C13H28N2. The van der Waals surface area contributed by atoms with Gasteiger partial charge in [-0.2, -0.15) is 0 Å². The van der Waals surface area contributed by atoms with Gasteiger partial charge in [0.25, 0.3) is 0 Å². The van der Waals surface area contributed by atoms with Crippen LogP contribution in [0, 0.1) is 5.41 Å². The average Bonchev–Trinajstić information content (AvgIpc) is 2.39. The van der Waals surface area contributed by atoms with E-state index in [0.29, 0.717) is 23.7 Å². The highest BCUT2D eigenvalue weighted by atomic mass is 15.5. The van der Waals surface area contributed by atoms with Gasteiger partial charge in [0.2, 0.25) is 0 Å². The summed E-state index contributed by atoms with van der Waals surface area (Å²) in [7, 11) is 0. The molecule has 1 fully saturated rings. The quantitative estimate of drug-likeness (QED) is 0.694. The Morgan fingerprint density at radius 2 is 1.20 bits per heavy atom. The molecule has 2 heteroatoms. The van der Waals surface area contributed by atoms with Gasteiger partial charge in [0.05, 0.1) is 6.17 Å². The van der Waals surface area contributed by atoms with E-state index in [2.05, 4.69) is 58.3 Å². The van der Waals surface area contributed by atoms with Crippen molar-refractivity contribution in [3.05, 3.63) is 0 Å². The normalized spacial score (nSPS) is 35.0. The van der Waals surface area contributed by atoms with Crippen molar-refractivity contribution in [3.8, 4) is 0 Å². The maximum Gasteiger partial charge on any atom is 0.0677 e. The zero-order valence-corrected chi connectivity index (χ0v) is 11.5. The van der Waals surface area contributed by atoms with Gasteiger partial charge in [-0.3, -0.25) is 9.80 Å². The molecule has 1 rings (SSSR count). The van der Waals surface area contributed by atoms with Crippen molar-refractivity contribution < 1.29 is 0 Å². The molecule has 1 saturated heterocycles. The second-order valence-electron chi connectivity index (χ2n) is 5.88. The van der Waals surface area contributed by atoms with E-state index < -0.39 is 0 Å². The van der Waals surface area contributed by atoms with Crippen LogP contribution in [0.1, 0.15) is 48.5 Å². The Kier molecular flexibility index (Phi) is 3.83. The van der Waals surface area contributed by atoms with Crippen LogP contribution < -0.4 is 0 Å². The monoisotopic (exact) mass is 212 g/mol. The van der Waals surface area contributed by atoms with E-state index in [1.807, 2.05) is 0 Å². The lowest BCUT2D eigenvalue weighted by atomic mass is 9.91. The van der Waals surface area contributed by atoms with Crippen molar-refractivity contribution in [1.82, 2.24) is 9.80 Å². The van der Waals surface area contributed by atoms with Crippen LogP contribution in [-0.4, -0.2) is 41.1 Å². The number of rotatable bonds is 2. The lowest BCUT2D eigenvalue weighted by Crippen LogP contribution is -2.49. The molecule has 1 heterocycles. The van der Waals surface area contributed by atoms with Gasteiger partial charge in [0.15, 0.2) is 0 Å². The molecule has 0 radical (unpaired) electrons. The fourth-order valence-electron chi connectivity index (χ4n) is 3.11. The van der Waals surface area contributed by atoms with E-state index in [4.69, 9.17) is 0 Å². The van der Waals surface area contributed by atoms with Crippen LogP contribution in [0.4, 0.5) is 0 Å². The van der Waals surface area contributed by atoms with Crippen molar-refractivity contribution >= 4 is 0 Å². The van der Waals surface area contributed by atoms with Gasteiger partial charge in [-0.1, -0.05) is 34.6 Å². The minimum atomic E-state index is 0.338. The summed E-state index contributed by atoms with van der Waals surface area (Å²) in [5.74, 6) is 0. The third-order valence-electron chi connectivity index (χ3n) is 3.88. The summed E-state index contributed by atoms with van der Waals surface area (Å²) in [4.78, 5) is 5.29. The first kappa shape index (κ1) is 13.0. The maximum atomic E-state index is 2.65. The van der Waals surface area contributed by atoms with E-state index in [-0.39, 0.29) is 0 Å². The highest BCUT2D eigenvalue weighted by Crippen LogP contribution is 2.36. The molecule has 2 atom stereocenters. The Balaban J connectivity index is 2.98. The fraction of sp³-hybridized carbons (Fsp3) is 1.00. The highest BCUT2D eigenvalue weighted by Gasteiger charge is 2.45. The predicted molar refractivity (Wildman–Crippen MR) is 66.9 cm³/mol. The largest absolute Gasteiger partial charge is 0.283 e. The molecule has 1 aliphatic heterocycles. The van der Waals surface area contributed by atoms with E-state index in [1.54, 1.807) is 0 Å². The second-order valence-corrected chi connectivity index (χ2v) is 5.88. The maximum absolute atomic E-state index is 2.65. The highest BCUT2D eigenvalue weighted by molar-refractivity contribution is 4.97. The molecule has 0 saturated carbocycles. The van der Waals surface area contributed by atoms with Gasteiger partial charge in [-0.05, 0) is 32.4 Å². The Morgan fingerprint density at radius 3 is 1.40 bits per heavy atom. The SMILES string of the molecule is CCN1C(C)C(C)N(CC)C1C(C)(C)C. The van der Waals surface area contributed by atoms with Crippen molar-refractivity contribution in [2.45, 2.75) is 66.7 Å². The summed E-state index contributed by atoms with van der Waals surface area (Å²) in [6.45, 7) is 18.7. The van der Waals surface area contributed by atoms with Crippen molar-refractivity contribution in [1.29, 1.82) is 0 Å². The molecule has 0 N–H and O–H groups in total. The zero-order valence-electron chi connectivity index (χ0n) is 11.5. The summed E-state index contributed by atoms with van der Waals surface area (Å²) in [6.07, 6.45) is 0.595. The van der Waals surface area contributed by atoms with Gasteiger partial charge in [-0.15, -0.1) is 0 Å². The lowest BCUT2D eigenvalue weighted by molar-refractivity contribution is 0.0311. The first-order chi connectivity index (χ1) is 6.84. The van der Waals surface area contributed by atoms with Crippen LogP contribution in [0.25, 0.3) is 0 Å². The van der Waals surface area contributed by atoms with E-state index >= 15 is 0 Å². The first-order valence-corrected chi connectivity index (χ1v) is 6.36. The van der Waals surface area contributed by atoms with Crippen LogP contribution >= 0.6 is 0 Å². The molecule has 2 nitrogen and oxygen atoms in total. The summed E-state index contributed by atoms with van der Waals surface area (Å²) in [5, 5.41) is 0. The van der Waals surface area contributed by atoms with Gasteiger partial charge >= 0.3 is 0 Å². The van der Waals surface area contributed by atoms with Gasteiger partial charge in [0.1, 0.15) is 0 Å². The molecule has 0 aliphatic carbocycles. The number of nitrogens with zero attached hydrogens (tertiary/aromatic N) is 2. The summed E-state index contributed by atoms with van der Waals surface area (Å²) in [5.41, 5.74) is 0.338. The van der Waals surface area contributed by atoms with Crippen molar-refractivity contribution in [3.63, 3.8) is 0 Å². The third kappa shape index (κ3) is 2.21. The van der Waals surface area contributed by atoms with Gasteiger partial charge in [0, 0.05) is 12.1 Å². The Bertz CT molecular complexity index is 191. The second kappa shape index (κ2) is 4.42. The van der Waals surface area contributed by atoms with E-state index in [9.17, 15) is 0 Å². The summed E-state index contributed by atoms with van der Waals surface area (Å²) >= 11 is 0. The standard InChI is InChI=1S/C13H28N2/c1-8-14-10(3)11(4)15(9-2)12(14)13(5,6)7/h10-12H,8-9H2,1-7H3. The molecule has 0 amide bonds. The molecule has 0 aromatic rings. The van der Waals surface area contributed by atoms with Crippen LogP contribution in [0.15, 0.2) is 0 Å². The number of likely N-dealkylation sites (N-methyl/N-ethyl adjacent to an activating group) is 2.